The molecule has 176 valence electrons. The van der Waals surface area contributed by atoms with Gasteiger partial charge in [0.1, 0.15) is 12.1 Å². The van der Waals surface area contributed by atoms with Gasteiger partial charge in [-0.3, -0.25) is 4.79 Å². The van der Waals surface area contributed by atoms with E-state index in [4.69, 9.17) is 4.74 Å². The number of aliphatic carboxylic acids is 1. The first-order valence-corrected chi connectivity index (χ1v) is 12.1. The first-order valence-electron chi connectivity index (χ1n) is 12.1. The molecule has 7 nitrogen and oxygen atoms in total. The van der Waals surface area contributed by atoms with Crippen molar-refractivity contribution in [3.8, 4) is 11.1 Å². The summed E-state index contributed by atoms with van der Waals surface area (Å²) in [6.07, 6.45) is 2.86. The second kappa shape index (κ2) is 7.86. The maximum absolute atomic E-state index is 12.6. The third-order valence-corrected chi connectivity index (χ3v) is 8.36. The molecule has 0 aromatic heterocycles. The van der Waals surface area contributed by atoms with E-state index in [9.17, 15) is 19.5 Å². The predicted octanol–water partition coefficient (Wildman–Crippen LogP) is 3.67. The third kappa shape index (κ3) is 3.45. The molecule has 0 bridgehead atoms. The predicted molar refractivity (Wildman–Crippen MR) is 124 cm³/mol. The highest BCUT2D eigenvalue weighted by Gasteiger charge is 2.55. The summed E-state index contributed by atoms with van der Waals surface area (Å²) in [5, 5.41) is 15.1. The van der Waals surface area contributed by atoms with Crippen molar-refractivity contribution in [2.24, 2.45) is 17.8 Å². The number of hydrogen-bond acceptors (Lipinski definition) is 4. The van der Waals surface area contributed by atoms with Gasteiger partial charge in [0.2, 0.25) is 5.91 Å². The van der Waals surface area contributed by atoms with Crippen LogP contribution < -0.4 is 10.6 Å². The van der Waals surface area contributed by atoms with E-state index in [1.807, 2.05) is 24.3 Å². The molecule has 7 heteroatoms. The van der Waals surface area contributed by atoms with E-state index in [-0.39, 0.29) is 36.3 Å². The smallest absolute Gasteiger partial charge is 0.407 e. The number of hydrogen-bond donors (Lipinski definition) is 3. The first-order chi connectivity index (χ1) is 16.4. The number of carbonyl (C=O) groups excluding carboxylic acids is 2. The lowest BCUT2D eigenvalue weighted by molar-refractivity contribution is -0.143. The molecular formula is C27H28N2O5. The number of fused-ring (bicyclic) bond motifs is 4. The van der Waals surface area contributed by atoms with Crippen LogP contribution in [0.4, 0.5) is 4.79 Å². The Morgan fingerprint density at radius 3 is 2.21 bits per heavy atom. The van der Waals surface area contributed by atoms with Gasteiger partial charge in [-0.15, -0.1) is 0 Å². The van der Waals surface area contributed by atoms with Crippen molar-refractivity contribution in [3.05, 3.63) is 59.7 Å². The fourth-order valence-corrected chi connectivity index (χ4v) is 6.25. The lowest BCUT2D eigenvalue weighted by atomic mass is 9.71. The number of carboxylic acids is 1. The van der Waals surface area contributed by atoms with E-state index < -0.39 is 17.6 Å². The van der Waals surface area contributed by atoms with Crippen LogP contribution in [0.15, 0.2) is 48.5 Å². The molecule has 3 saturated carbocycles. The highest BCUT2D eigenvalue weighted by atomic mass is 16.5. The molecule has 6 rings (SSSR count). The number of benzene rings is 2. The van der Waals surface area contributed by atoms with Crippen molar-refractivity contribution in [2.75, 3.05) is 6.61 Å². The summed E-state index contributed by atoms with van der Waals surface area (Å²) in [5.41, 5.74) is 3.71. The highest BCUT2D eigenvalue weighted by Crippen LogP contribution is 2.50. The molecule has 2 amide bonds. The van der Waals surface area contributed by atoms with Crippen molar-refractivity contribution in [1.82, 2.24) is 10.6 Å². The lowest BCUT2D eigenvalue weighted by Gasteiger charge is -2.40. The minimum absolute atomic E-state index is 0.00723. The van der Waals surface area contributed by atoms with Gasteiger partial charge < -0.3 is 20.5 Å². The van der Waals surface area contributed by atoms with E-state index >= 15 is 0 Å². The van der Waals surface area contributed by atoms with Crippen molar-refractivity contribution in [1.29, 1.82) is 0 Å². The molecule has 0 saturated heterocycles. The van der Waals surface area contributed by atoms with Crippen molar-refractivity contribution in [3.63, 3.8) is 0 Å². The van der Waals surface area contributed by atoms with E-state index in [2.05, 4.69) is 34.9 Å². The second-order valence-corrected chi connectivity index (χ2v) is 10.3. The lowest BCUT2D eigenvalue weighted by Crippen LogP contribution is -2.50. The zero-order chi connectivity index (χ0) is 23.4. The topological polar surface area (TPSA) is 105 Å². The molecular weight excluding hydrogens is 432 g/mol. The minimum atomic E-state index is -1.04. The van der Waals surface area contributed by atoms with Crippen LogP contribution in [0.2, 0.25) is 0 Å². The Hall–Kier alpha value is -3.35. The number of carboxylic acid groups (broad SMARTS) is 1. The van der Waals surface area contributed by atoms with Gasteiger partial charge in [-0.05, 0) is 66.2 Å². The molecule has 34 heavy (non-hydrogen) atoms. The molecule has 3 fully saturated rings. The summed E-state index contributed by atoms with van der Waals surface area (Å²) in [6.45, 7) is 0.281. The van der Waals surface area contributed by atoms with Crippen molar-refractivity contribution in [2.45, 2.75) is 49.6 Å². The molecule has 4 aliphatic carbocycles. The average molecular weight is 461 g/mol. The maximum Gasteiger partial charge on any atom is 0.407 e. The van der Waals surface area contributed by atoms with E-state index in [1.54, 1.807) is 0 Å². The number of nitrogens with one attached hydrogen (secondary N) is 2. The number of ether oxygens (including phenoxy) is 1. The molecule has 1 unspecified atom stereocenters. The molecule has 0 radical (unpaired) electrons. The Balaban J connectivity index is 1.03. The Bertz CT molecular complexity index is 1130. The van der Waals surface area contributed by atoms with Crippen LogP contribution in [0.1, 0.15) is 49.1 Å². The number of rotatable bonds is 6. The Kier molecular flexibility index (Phi) is 4.90. The van der Waals surface area contributed by atoms with Gasteiger partial charge in [-0.25, -0.2) is 9.59 Å². The third-order valence-electron chi connectivity index (χ3n) is 8.36. The number of carbonyl (C=O) groups is 3. The van der Waals surface area contributed by atoms with E-state index in [0.717, 1.165) is 12.8 Å². The fraction of sp³-hybridized carbons (Fsp3) is 0.444. The quantitative estimate of drug-likeness (QED) is 0.610. The summed E-state index contributed by atoms with van der Waals surface area (Å²) < 4.78 is 5.67. The second-order valence-electron chi connectivity index (χ2n) is 10.3. The fourth-order valence-electron chi connectivity index (χ4n) is 6.25. The molecule has 2 aromatic carbocycles. The number of amides is 2. The molecule has 3 N–H and O–H groups in total. The molecule has 0 aliphatic heterocycles. The van der Waals surface area contributed by atoms with E-state index in [1.165, 1.54) is 22.3 Å². The van der Waals surface area contributed by atoms with Gasteiger partial charge in [-0.2, -0.15) is 0 Å². The monoisotopic (exact) mass is 460 g/mol. The summed E-state index contributed by atoms with van der Waals surface area (Å²) in [7, 11) is 0. The van der Waals surface area contributed by atoms with Gasteiger partial charge in [0.15, 0.2) is 0 Å². The van der Waals surface area contributed by atoms with Gasteiger partial charge >= 0.3 is 12.1 Å². The molecule has 4 atom stereocenters. The Labute approximate surface area is 197 Å². The largest absolute Gasteiger partial charge is 0.480 e. The summed E-state index contributed by atoms with van der Waals surface area (Å²) in [5.74, 6) is -0.617. The van der Waals surface area contributed by atoms with Gasteiger partial charge in [0.25, 0.3) is 0 Å². The summed E-state index contributed by atoms with van der Waals surface area (Å²) >= 11 is 0. The van der Waals surface area contributed by atoms with Gasteiger partial charge in [-0.1, -0.05) is 48.5 Å². The summed E-state index contributed by atoms with van der Waals surface area (Å²) in [4.78, 5) is 36.6. The zero-order valence-corrected chi connectivity index (χ0v) is 18.8. The van der Waals surface area contributed by atoms with Crippen LogP contribution in [0.5, 0.6) is 0 Å². The van der Waals surface area contributed by atoms with Crippen LogP contribution >= 0.6 is 0 Å². The Morgan fingerprint density at radius 1 is 0.941 bits per heavy atom. The van der Waals surface area contributed by atoms with Crippen LogP contribution in [0, 0.1) is 17.8 Å². The van der Waals surface area contributed by atoms with Crippen LogP contribution in [0.25, 0.3) is 11.1 Å². The van der Waals surface area contributed by atoms with E-state index in [0.29, 0.717) is 25.2 Å². The van der Waals surface area contributed by atoms with Gasteiger partial charge in [0, 0.05) is 17.9 Å². The first kappa shape index (κ1) is 21.2. The van der Waals surface area contributed by atoms with Crippen LogP contribution in [-0.4, -0.2) is 41.3 Å². The Morgan fingerprint density at radius 2 is 1.59 bits per heavy atom. The SMILES string of the molecule is O=C(N[C@H]1C[C@H]2CC(C(=O)NC3(C(=O)O)CC3)C[C@H]21)OCC1c2ccccc2-c2ccccc21. The molecule has 0 spiro atoms. The van der Waals surface area contributed by atoms with Crippen molar-refractivity contribution >= 4 is 18.0 Å². The maximum atomic E-state index is 12.6. The average Bonchev–Trinajstić information content (AvgIpc) is 3.43. The van der Waals surface area contributed by atoms with Gasteiger partial charge in [0.05, 0.1) is 0 Å². The minimum Gasteiger partial charge on any atom is -0.480 e. The normalized spacial score (nSPS) is 27.5. The molecule has 0 heterocycles. The van der Waals surface area contributed by atoms with Crippen molar-refractivity contribution < 1.29 is 24.2 Å². The standard InChI is InChI=1S/C27H28N2O5/c30-24(29-27(9-10-27)25(31)32)16-11-15-13-23(21(15)12-16)28-26(33)34-14-22-19-7-3-1-5-17(19)18-6-2-4-8-20(18)22/h1-8,15-16,21-23H,9-14H2,(H,28,33)(H,29,30)(H,31,32)/t15-,16?,21-,23+/m1/s1. The van der Waals surface area contributed by atoms with Crippen LogP contribution in [0.3, 0.4) is 0 Å². The van der Waals surface area contributed by atoms with Crippen LogP contribution in [-0.2, 0) is 14.3 Å². The molecule has 4 aliphatic rings. The molecule has 2 aromatic rings. The number of alkyl carbamates (subject to hydrolysis) is 1. The highest BCUT2D eigenvalue weighted by molar-refractivity contribution is 5.90. The zero-order valence-electron chi connectivity index (χ0n) is 18.8. The summed E-state index contributed by atoms with van der Waals surface area (Å²) in [6, 6.07) is 16.5.